The first-order chi connectivity index (χ1) is 19.9. The molecule has 4 aromatic rings. The van der Waals surface area contributed by atoms with Gasteiger partial charge >= 0.3 is 0 Å². The highest BCUT2D eigenvalue weighted by Gasteiger charge is 2.23. The van der Waals surface area contributed by atoms with Gasteiger partial charge < -0.3 is 37.9 Å². The predicted octanol–water partition coefficient (Wildman–Crippen LogP) is 5.58. The third-order valence-electron chi connectivity index (χ3n) is 6.64. The standard InChI is InChI=1S/C31H33NO9/c1-34-23-10-9-18(11-24(23)35-2)31(33)32-16-21(19-12-25(36-3)29(40-7)26(13-19)37-4)22(17-32)20-14-27(38-5)30(41-8)28(15-20)39-6/h9-17H,1-8H3. The van der Waals surface area contributed by atoms with Crippen molar-refractivity contribution in [3.05, 3.63) is 60.4 Å². The molecule has 3 aromatic carbocycles. The van der Waals surface area contributed by atoms with Crippen LogP contribution in [-0.2, 0) is 0 Å². The smallest absolute Gasteiger partial charge is 0.262 e. The second-order valence-electron chi connectivity index (χ2n) is 8.70. The second-order valence-corrected chi connectivity index (χ2v) is 8.70. The van der Waals surface area contributed by atoms with Crippen LogP contribution in [0.1, 0.15) is 10.4 Å². The molecular weight excluding hydrogens is 530 g/mol. The third kappa shape index (κ3) is 5.41. The lowest BCUT2D eigenvalue weighted by molar-refractivity contribution is 0.0960. The van der Waals surface area contributed by atoms with Gasteiger partial charge in [-0.1, -0.05) is 0 Å². The van der Waals surface area contributed by atoms with E-state index in [1.54, 1.807) is 80.4 Å². The van der Waals surface area contributed by atoms with Gasteiger partial charge in [0.15, 0.2) is 34.5 Å². The van der Waals surface area contributed by atoms with Gasteiger partial charge in [-0.3, -0.25) is 9.36 Å². The molecule has 0 amide bonds. The average Bonchev–Trinajstić information content (AvgIpc) is 3.48. The van der Waals surface area contributed by atoms with Crippen LogP contribution in [0, 0.1) is 0 Å². The summed E-state index contributed by atoms with van der Waals surface area (Å²) in [4.78, 5) is 13.8. The molecule has 1 heterocycles. The third-order valence-corrected chi connectivity index (χ3v) is 6.64. The summed E-state index contributed by atoms with van der Waals surface area (Å²) in [7, 11) is 12.3. The van der Waals surface area contributed by atoms with E-state index in [1.807, 2.05) is 24.3 Å². The summed E-state index contributed by atoms with van der Waals surface area (Å²) in [6.07, 6.45) is 3.50. The van der Waals surface area contributed by atoms with E-state index in [9.17, 15) is 4.79 Å². The molecule has 0 aliphatic rings. The van der Waals surface area contributed by atoms with Crippen molar-refractivity contribution in [1.29, 1.82) is 0 Å². The fourth-order valence-corrected chi connectivity index (χ4v) is 4.62. The Bertz CT molecular complexity index is 1430. The molecule has 0 spiro atoms. The largest absolute Gasteiger partial charge is 0.493 e. The van der Waals surface area contributed by atoms with Crippen LogP contribution in [0.25, 0.3) is 22.3 Å². The van der Waals surface area contributed by atoms with Gasteiger partial charge in [-0.25, -0.2) is 0 Å². The highest BCUT2D eigenvalue weighted by molar-refractivity contribution is 5.99. The van der Waals surface area contributed by atoms with E-state index < -0.39 is 0 Å². The van der Waals surface area contributed by atoms with Crippen LogP contribution in [0.2, 0.25) is 0 Å². The molecule has 10 heteroatoms. The van der Waals surface area contributed by atoms with Gasteiger partial charge in [0.25, 0.3) is 5.91 Å². The van der Waals surface area contributed by atoms with Crippen molar-refractivity contribution in [2.24, 2.45) is 0 Å². The molecule has 0 saturated carbocycles. The molecule has 1 aromatic heterocycles. The zero-order chi connectivity index (χ0) is 29.7. The van der Waals surface area contributed by atoms with Crippen LogP contribution in [0.3, 0.4) is 0 Å². The zero-order valence-corrected chi connectivity index (χ0v) is 24.3. The van der Waals surface area contributed by atoms with Crippen molar-refractivity contribution in [2.45, 2.75) is 0 Å². The highest BCUT2D eigenvalue weighted by atomic mass is 16.5. The molecule has 41 heavy (non-hydrogen) atoms. The van der Waals surface area contributed by atoms with Crippen LogP contribution >= 0.6 is 0 Å². The van der Waals surface area contributed by atoms with Gasteiger partial charge in [-0.15, -0.1) is 0 Å². The molecule has 0 aliphatic heterocycles. The van der Waals surface area contributed by atoms with E-state index in [-0.39, 0.29) is 5.91 Å². The number of rotatable bonds is 11. The first-order valence-corrected chi connectivity index (χ1v) is 12.5. The minimum absolute atomic E-state index is 0.279. The van der Waals surface area contributed by atoms with E-state index >= 15 is 0 Å². The summed E-state index contributed by atoms with van der Waals surface area (Å²) in [6, 6.07) is 12.3. The Labute approximate surface area is 238 Å². The summed E-state index contributed by atoms with van der Waals surface area (Å²) < 4.78 is 45.7. The van der Waals surface area contributed by atoms with Gasteiger partial charge in [0.1, 0.15) is 0 Å². The summed E-state index contributed by atoms with van der Waals surface area (Å²) in [5.74, 6) is 3.47. The van der Waals surface area contributed by atoms with Crippen LogP contribution in [0.15, 0.2) is 54.9 Å². The Morgan fingerprint density at radius 3 is 1.22 bits per heavy atom. The molecule has 0 N–H and O–H groups in total. The number of ether oxygens (including phenoxy) is 8. The fourth-order valence-electron chi connectivity index (χ4n) is 4.62. The van der Waals surface area contributed by atoms with Crippen LogP contribution in [0.4, 0.5) is 0 Å². The van der Waals surface area contributed by atoms with E-state index in [1.165, 1.54) is 11.7 Å². The van der Waals surface area contributed by atoms with Gasteiger partial charge in [0.2, 0.25) is 11.5 Å². The molecule has 0 atom stereocenters. The minimum atomic E-state index is -0.279. The molecule has 10 nitrogen and oxygen atoms in total. The summed E-state index contributed by atoms with van der Waals surface area (Å²) in [6.45, 7) is 0. The van der Waals surface area contributed by atoms with E-state index in [0.29, 0.717) is 62.7 Å². The summed E-state index contributed by atoms with van der Waals surface area (Å²) in [5.41, 5.74) is 3.29. The maximum absolute atomic E-state index is 13.8. The van der Waals surface area contributed by atoms with Gasteiger partial charge in [0.05, 0.1) is 56.9 Å². The number of carbonyl (C=O) groups excluding carboxylic acids is 1. The van der Waals surface area contributed by atoms with E-state index in [2.05, 4.69) is 0 Å². The Kier molecular flexibility index (Phi) is 8.81. The zero-order valence-electron chi connectivity index (χ0n) is 24.3. The van der Waals surface area contributed by atoms with Gasteiger partial charge in [-0.2, -0.15) is 0 Å². The fraction of sp³-hybridized carbons (Fsp3) is 0.258. The quantitative estimate of drug-likeness (QED) is 0.232. The molecule has 0 aliphatic carbocycles. The number of aromatic nitrogens is 1. The molecular formula is C31H33NO9. The predicted molar refractivity (Wildman–Crippen MR) is 154 cm³/mol. The van der Waals surface area contributed by atoms with Crippen molar-refractivity contribution in [3.8, 4) is 68.2 Å². The van der Waals surface area contributed by atoms with Crippen LogP contribution in [-0.4, -0.2) is 67.4 Å². The number of hydrogen-bond acceptors (Lipinski definition) is 9. The number of nitrogens with zero attached hydrogens (tertiary/aromatic N) is 1. The van der Waals surface area contributed by atoms with Crippen molar-refractivity contribution in [2.75, 3.05) is 56.9 Å². The van der Waals surface area contributed by atoms with Crippen molar-refractivity contribution in [3.63, 3.8) is 0 Å². The van der Waals surface area contributed by atoms with Crippen molar-refractivity contribution in [1.82, 2.24) is 4.57 Å². The van der Waals surface area contributed by atoms with Gasteiger partial charge in [-0.05, 0) is 53.6 Å². The second kappa shape index (κ2) is 12.5. The Morgan fingerprint density at radius 2 is 0.878 bits per heavy atom. The lowest BCUT2D eigenvalue weighted by Gasteiger charge is -2.16. The van der Waals surface area contributed by atoms with Crippen molar-refractivity contribution < 1.29 is 42.7 Å². The average molecular weight is 564 g/mol. The van der Waals surface area contributed by atoms with Crippen LogP contribution in [0.5, 0.6) is 46.0 Å². The number of hydrogen-bond donors (Lipinski definition) is 0. The molecule has 4 rings (SSSR count). The monoisotopic (exact) mass is 563 g/mol. The first kappa shape index (κ1) is 29.0. The lowest BCUT2D eigenvalue weighted by Crippen LogP contribution is -2.10. The van der Waals surface area contributed by atoms with E-state index in [0.717, 1.165) is 11.1 Å². The molecule has 0 unspecified atom stereocenters. The topological polar surface area (TPSA) is 95.8 Å². The first-order valence-electron chi connectivity index (χ1n) is 12.5. The molecule has 0 bridgehead atoms. The Morgan fingerprint density at radius 1 is 0.488 bits per heavy atom. The summed E-state index contributed by atoms with van der Waals surface area (Å²) >= 11 is 0. The van der Waals surface area contributed by atoms with Crippen LogP contribution < -0.4 is 37.9 Å². The number of benzene rings is 3. The molecule has 0 fully saturated rings. The maximum atomic E-state index is 13.8. The lowest BCUT2D eigenvalue weighted by atomic mass is 9.97. The molecule has 216 valence electrons. The summed E-state index contributed by atoms with van der Waals surface area (Å²) in [5, 5.41) is 0. The normalized spacial score (nSPS) is 10.5. The van der Waals surface area contributed by atoms with Crippen molar-refractivity contribution >= 4 is 5.91 Å². The highest BCUT2D eigenvalue weighted by Crippen LogP contribution is 2.46. The SMILES string of the molecule is COc1ccc(C(=O)n2cc(-c3cc(OC)c(OC)c(OC)c3)c(-c3cc(OC)c(OC)c(OC)c3)c2)cc1OC. The number of carbonyl (C=O) groups is 1. The van der Waals surface area contributed by atoms with E-state index in [4.69, 9.17) is 37.9 Å². The Balaban J connectivity index is 1.98. The molecule has 0 radical (unpaired) electrons. The Hall–Kier alpha value is -4.99. The van der Waals surface area contributed by atoms with Gasteiger partial charge in [0, 0.05) is 29.1 Å². The molecule has 0 saturated heterocycles. The number of methoxy groups -OCH3 is 8. The minimum Gasteiger partial charge on any atom is -0.493 e. The maximum Gasteiger partial charge on any atom is 0.262 e.